The summed E-state index contributed by atoms with van der Waals surface area (Å²) >= 11 is 5.94. The largest absolute Gasteiger partial charge is 0.497 e. The maximum absolute atomic E-state index is 13.7. The molecule has 0 aliphatic rings. The Kier molecular flexibility index (Phi) is 4.59. The molecule has 0 saturated carbocycles. The number of carbonyl (C=O) groups excluding carboxylic acids is 1. The number of hydrogen-bond donors (Lipinski definition) is 2. The fourth-order valence-corrected chi connectivity index (χ4v) is 1.84. The summed E-state index contributed by atoms with van der Waals surface area (Å²) in [7, 11) is 3.12. The van der Waals surface area contributed by atoms with Crippen molar-refractivity contribution in [2.24, 2.45) is 0 Å². The molecule has 1 aromatic heterocycles. The first-order valence-corrected chi connectivity index (χ1v) is 6.42. The number of hydrogen-bond acceptors (Lipinski definition) is 4. The van der Waals surface area contributed by atoms with Crippen molar-refractivity contribution in [1.82, 2.24) is 4.98 Å². The summed E-state index contributed by atoms with van der Waals surface area (Å²) < 4.78 is 18.7. The molecule has 1 aromatic carbocycles. The SMILES string of the molecule is CNc1ccc(Cl)c(C(=O)Nc2cc(OC)ccc2F)n1. The summed E-state index contributed by atoms with van der Waals surface area (Å²) in [6.45, 7) is 0. The monoisotopic (exact) mass is 309 g/mol. The van der Waals surface area contributed by atoms with Crippen LogP contribution in [0.2, 0.25) is 5.02 Å². The van der Waals surface area contributed by atoms with Crippen LogP contribution in [0.4, 0.5) is 15.9 Å². The van der Waals surface area contributed by atoms with Gasteiger partial charge in [-0.05, 0) is 24.3 Å². The van der Waals surface area contributed by atoms with Crippen molar-refractivity contribution in [2.75, 3.05) is 24.8 Å². The van der Waals surface area contributed by atoms with E-state index >= 15 is 0 Å². The van der Waals surface area contributed by atoms with Gasteiger partial charge >= 0.3 is 0 Å². The Morgan fingerprint density at radius 3 is 2.76 bits per heavy atom. The van der Waals surface area contributed by atoms with Crippen LogP contribution >= 0.6 is 11.6 Å². The number of rotatable bonds is 4. The van der Waals surface area contributed by atoms with Crippen molar-refractivity contribution in [3.05, 3.63) is 46.9 Å². The lowest BCUT2D eigenvalue weighted by atomic mass is 10.2. The number of pyridine rings is 1. The minimum Gasteiger partial charge on any atom is -0.497 e. The molecule has 2 rings (SSSR count). The third kappa shape index (κ3) is 3.41. The van der Waals surface area contributed by atoms with Crippen LogP contribution in [0.5, 0.6) is 5.75 Å². The van der Waals surface area contributed by atoms with Gasteiger partial charge in [-0.15, -0.1) is 0 Å². The molecule has 0 saturated heterocycles. The minimum atomic E-state index is -0.607. The second-order valence-electron chi connectivity index (χ2n) is 4.08. The molecule has 0 aliphatic carbocycles. The number of nitrogens with zero attached hydrogens (tertiary/aromatic N) is 1. The average molecular weight is 310 g/mol. The molecule has 2 N–H and O–H groups in total. The van der Waals surface area contributed by atoms with E-state index in [1.807, 2.05) is 0 Å². The van der Waals surface area contributed by atoms with E-state index in [0.29, 0.717) is 11.6 Å². The number of amides is 1. The van der Waals surface area contributed by atoms with Crippen LogP contribution < -0.4 is 15.4 Å². The number of carbonyl (C=O) groups is 1. The molecule has 0 aliphatic heterocycles. The standard InChI is InChI=1S/C14H13ClFN3O2/c1-17-12-6-4-9(15)13(19-12)14(20)18-11-7-8(21-2)3-5-10(11)16/h3-7H,1-2H3,(H,17,19)(H,18,20). The molecular weight excluding hydrogens is 297 g/mol. The molecular formula is C14H13ClFN3O2. The van der Waals surface area contributed by atoms with E-state index in [1.165, 1.54) is 31.4 Å². The minimum absolute atomic E-state index is 0.00531. The van der Waals surface area contributed by atoms with Crippen LogP contribution in [-0.4, -0.2) is 25.0 Å². The van der Waals surface area contributed by atoms with Crippen LogP contribution in [0, 0.1) is 5.82 Å². The van der Waals surface area contributed by atoms with Gasteiger partial charge in [-0.3, -0.25) is 4.79 Å². The Bertz CT molecular complexity index is 679. The van der Waals surface area contributed by atoms with E-state index in [1.54, 1.807) is 13.1 Å². The molecule has 110 valence electrons. The van der Waals surface area contributed by atoms with E-state index in [0.717, 1.165) is 0 Å². The van der Waals surface area contributed by atoms with E-state index in [9.17, 15) is 9.18 Å². The predicted molar refractivity (Wildman–Crippen MR) is 79.7 cm³/mol. The smallest absolute Gasteiger partial charge is 0.275 e. The molecule has 0 unspecified atom stereocenters. The molecule has 0 spiro atoms. The summed E-state index contributed by atoms with van der Waals surface area (Å²) in [5.74, 6) is -0.278. The predicted octanol–water partition coefficient (Wildman–Crippen LogP) is 3.18. The maximum atomic E-state index is 13.7. The Balaban J connectivity index is 2.29. The lowest BCUT2D eigenvalue weighted by Crippen LogP contribution is -2.16. The highest BCUT2D eigenvalue weighted by molar-refractivity contribution is 6.34. The zero-order chi connectivity index (χ0) is 15.4. The van der Waals surface area contributed by atoms with Gasteiger partial charge in [0, 0.05) is 13.1 Å². The first kappa shape index (κ1) is 15.1. The van der Waals surface area contributed by atoms with Gasteiger partial charge < -0.3 is 15.4 Å². The summed E-state index contributed by atoms with van der Waals surface area (Å²) in [6, 6.07) is 7.21. The lowest BCUT2D eigenvalue weighted by molar-refractivity contribution is 0.102. The molecule has 7 heteroatoms. The average Bonchev–Trinajstić information content (AvgIpc) is 2.49. The third-order valence-corrected chi connectivity index (χ3v) is 3.04. The van der Waals surface area contributed by atoms with Gasteiger partial charge in [0.25, 0.3) is 5.91 Å². The van der Waals surface area contributed by atoms with Crippen LogP contribution in [0.15, 0.2) is 30.3 Å². The van der Waals surface area contributed by atoms with Crippen molar-refractivity contribution in [2.45, 2.75) is 0 Å². The van der Waals surface area contributed by atoms with Crippen LogP contribution in [0.25, 0.3) is 0 Å². The number of nitrogens with one attached hydrogen (secondary N) is 2. The van der Waals surface area contributed by atoms with Gasteiger partial charge in [0.05, 0.1) is 17.8 Å². The molecule has 0 fully saturated rings. The Labute approximate surface area is 126 Å². The Morgan fingerprint density at radius 1 is 1.33 bits per heavy atom. The van der Waals surface area contributed by atoms with E-state index in [2.05, 4.69) is 15.6 Å². The number of methoxy groups -OCH3 is 1. The fraction of sp³-hybridized carbons (Fsp3) is 0.143. The molecule has 1 amide bonds. The van der Waals surface area contributed by atoms with Gasteiger partial charge in [-0.2, -0.15) is 0 Å². The summed E-state index contributed by atoms with van der Waals surface area (Å²) in [4.78, 5) is 16.2. The van der Waals surface area contributed by atoms with Crippen molar-refractivity contribution in [3.8, 4) is 5.75 Å². The van der Waals surface area contributed by atoms with Gasteiger partial charge in [-0.1, -0.05) is 11.6 Å². The molecule has 2 aromatic rings. The summed E-state index contributed by atoms with van der Waals surface area (Å²) in [6.07, 6.45) is 0. The number of aromatic nitrogens is 1. The zero-order valence-electron chi connectivity index (χ0n) is 11.4. The lowest BCUT2D eigenvalue weighted by Gasteiger charge is -2.09. The summed E-state index contributed by atoms with van der Waals surface area (Å²) in [5, 5.41) is 5.40. The molecule has 0 atom stereocenters. The highest BCUT2D eigenvalue weighted by Gasteiger charge is 2.15. The van der Waals surface area contributed by atoms with Crippen molar-refractivity contribution < 1.29 is 13.9 Å². The molecule has 0 bridgehead atoms. The van der Waals surface area contributed by atoms with Gasteiger partial charge in [0.1, 0.15) is 23.1 Å². The second kappa shape index (κ2) is 6.41. The number of halogens is 2. The Morgan fingerprint density at radius 2 is 2.10 bits per heavy atom. The third-order valence-electron chi connectivity index (χ3n) is 2.74. The van der Waals surface area contributed by atoms with E-state index < -0.39 is 11.7 Å². The topological polar surface area (TPSA) is 63.2 Å². The molecule has 1 heterocycles. The van der Waals surface area contributed by atoms with Crippen molar-refractivity contribution in [1.29, 1.82) is 0 Å². The van der Waals surface area contributed by atoms with Crippen LogP contribution in [0.3, 0.4) is 0 Å². The number of benzene rings is 1. The quantitative estimate of drug-likeness (QED) is 0.910. The van der Waals surface area contributed by atoms with Crippen molar-refractivity contribution >= 4 is 29.0 Å². The van der Waals surface area contributed by atoms with Gasteiger partial charge in [-0.25, -0.2) is 9.37 Å². The Hall–Kier alpha value is -2.34. The normalized spacial score (nSPS) is 10.1. The van der Waals surface area contributed by atoms with E-state index in [4.69, 9.17) is 16.3 Å². The highest BCUT2D eigenvalue weighted by atomic mass is 35.5. The first-order valence-electron chi connectivity index (χ1n) is 6.04. The van der Waals surface area contributed by atoms with Crippen LogP contribution in [0.1, 0.15) is 10.5 Å². The molecule has 5 nitrogen and oxygen atoms in total. The fourth-order valence-electron chi connectivity index (χ4n) is 1.65. The summed E-state index contributed by atoms with van der Waals surface area (Å²) in [5.41, 5.74) is -0.00202. The van der Waals surface area contributed by atoms with Gasteiger partial charge in [0.2, 0.25) is 0 Å². The number of ether oxygens (including phenoxy) is 1. The highest BCUT2D eigenvalue weighted by Crippen LogP contribution is 2.23. The second-order valence-corrected chi connectivity index (χ2v) is 4.48. The van der Waals surface area contributed by atoms with Crippen LogP contribution in [-0.2, 0) is 0 Å². The zero-order valence-corrected chi connectivity index (χ0v) is 12.2. The molecule has 21 heavy (non-hydrogen) atoms. The van der Waals surface area contributed by atoms with Crippen molar-refractivity contribution in [3.63, 3.8) is 0 Å². The van der Waals surface area contributed by atoms with E-state index in [-0.39, 0.29) is 16.4 Å². The first-order chi connectivity index (χ1) is 10.0. The maximum Gasteiger partial charge on any atom is 0.275 e. The molecule has 0 radical (unpaired) electrons. The van der Waals surface area contributed by atoms with Gasteiger partial charge in [0.15, 0.2) is 0 Å². The number of anilines is 2.